The van der Waals surface area contributed by atoms with E-state index in [9.17, 15) is 13.6 Å². The van der Waals surface area contributed by atoms with Gasteiger partial charge >= 0.3 is 6.61 Å². The number of likely N-dealkylation sites (tertiary alicyclic amines) is 1. The molecular formula is C25H24F2N6O2. The predicted octanol–water partition coefficient (Wildman–Crippen LogP) is 4.61. The molecule has 0 bridgehead atoms. The van der Waals surface area contributed by atoms with Gasteiger partial charge in [-0.15, -0.1) is 0 Å². The summed E-state index contributed by atoms with van der Waals surface area (Å²) in [5.74, 6) is -0.200. The Morgan fingerprint density at radius 2 is 1.89 bits per heavy atom. The zero-order valence-corrected chi connectivity index (χ0v) is 19.1. The maximum absolute atomic E-state index is 13.5. The molecule has 1 fully saturated rings. The van der Waals surface area contributed by atoms with Crippen LogP contribution in [0.2, 0.25) is 0 Å². The van der Waals surface area contributed by atoms with Crippen LogP contribution in [0, 0.1) is 0 Å². The molecule has 5 rings (SSSR count). The number of halogens is 2. The number of nitrogens with zero attached hydrogens (tertiary/aromatic N) is 5. The summed E-state index contributed by atoms with van der Waals surface area (Å²) >= 11 is 0. The van der Waals surface area contributed by atoms with Crippen LogP contribution in [0.5, 0.6) is 5.75 Å². The van der Waals surface area contributed by atoms with Crippen LogP contribution in [-0.4, -0.2) is 57.3 Å². The van der Waals surface area contributed by atoms with E-state index < -0.39 is 6.61 Å². The second-order valence-electron chi connectivity index (χ2n) is 8.53. The Morgan fingerprint density at radius 3 is 2.63 bits per heavy atom. The van der Waals surface area contributed by atoms with Crippen LogP contribution in [0.4, 0.5) is 14.6 Å². The third-order valence-corrected chi connectivity index (χ3v) is 6.16. The number of fused-ring (bicyclic) bond motifs is 1. The van der Waals surface area contributed by atoms with Crippen LogP contribution in [0.15, 0.2) is 61.2 Å². The Hall–Kier alpha value is -3.92. The highest BCUT2D eigenvalue weighted by Gasteiger charge is 2.22. The van der Waals surface area contributed by atoms with Gasteiger partial charge in [0.05, 0.1) is 24.0 Å². The number of rotatable bonds is 6. The van der Waals surface area contributed by atoms with Gasteiger partial charge in [-0.2, -0.15) is 13.9 Å². The number of hydrogen-bond acceptors (Lipinski definition) is 6. The van der Waals surface area contributed by atoms with E-state index in [0.29, 0.717) is 27.6 Å². The van der Waals surface area contributed by atoms with Gasteiger partial charge < -0.3 is 15.0 Å². The highest BCUT2D eigenvalue weighted by atomic mass is 19.3. The second-order valence-corrected chi connectivity index (χ2v) is 8.53. The first-order valence-corrected chi connectivity index (χ1v) is 11.3. The molecule has 8 nitrogen and oxygen atoms in total. The molecule has 0 atom stereocenters. The summed E-state index contributed by atoms with van der Waals surface area (Å²) in [6.07, 6.45) is 8.31. The molecule has 0 saturated carbocycles. The standard InChI is InChI=1S/C25H24F2N6O2/c1-32-9-7-18(8-10-32)33-15-17(12-30-33)20-13-28-21-14-29-22(11-19(21)23(20)35-25(26)27)31-24(34)16-5-3-2-4-6-16/h2-6,11-15,18,25H,7-10H2,1H3,(H,29,31,34). The van der Waals surface area contributed by atoms with Crippen molar-refractivity contribution in [2.75, 3.05) is 25.5 Å². The molecule has 3 aromatic heterocycles. The van der Waals surface area contributed by atoms with Crippen molar-refractivity contribution in [3.63, 3.8) is 0 Å². The van der Waals surface area contributed by atoms with Crippen molar-refractivity contribution in [1.82, 2.24) is 24.6 Å². The lowest BCUT2D eigenvalue weighted by Crippen LogP contribution is -2.31. The number of benzene rings is 1. The van der Waals surface area contributed by atoms with Gasteiger partial charge in [0.2, 0.25) is 0 Å². The van der Waals surface area contributed by atoms with E-state index in [1.54, 1.807) is 36.5 Å². The number of pyridine rings is 2. The Balaban J connectivity index is 1.50. The lowest BCUT2D eigenvalue weighted by molar-refractivity contribution is -0.0484. The average molecular weight is 479 g/mol. The maximum Gasteiger partial charge on any atom is 0.387 e. The third kappa shape index (κ3) is 4.97. The molecule has 1 N–H and O–H groups in total. The summed E-state index contributed by atoms with van der Waals surface area (Å²) in [6, 6.07) is 10.4. The molecule has 4 heterocycles. The highest BCUT2D eigenvalue weighted by molar-refractivity contribution is 6.04. The number of piperidine rings is 1. The normalized spacial score (nSPS) is 15.0. The van der Waals surface area contributed by atoms with Gasteiger partial charge in [0.15, 0.2) is 0 Å². The summed E-state index contributed by atoms with van der Waals surface area (Å²) in [6.45, 7) is -1.10. The average Bonchev–Trinajstić information content (AvgIpc) is 3.35. The van der Waals surface area contributed by atoms with Crippen molar-refractivity contribution < 1.29 is 18.3 Å². The smallest absolute Gasteiger partial charge is 0.387 e. The number of nitrogens with one attached hydrogen (secondary N) is 1. The minimum atomic E-state index is -3.04. The quantitative estimate of drug-likeness (QED) is 0.436. The molecule has 1 aliphatic rings. The molecule has 180 valence electrons. The van der Waals surface area contributed by atoms with Crippen molar-refractivity contribution in [1.29, 1.82) is 0 Å². The third-order valence-electron chi connectivity index (χ3n) is 6.16. The van der Waals surface area contributed by atoms with E-state index in [-0.39, 0.29) is 23.5 Å². The topological polar surface area (TPSA) is 85.2 Å². The minimum absolute atomic E-state index is 0.0365. The van der Waals surface area contributed by atoms with Gasteiger partial charge in [0, 0.05) is 34.5 Å². The first kappa shape index (κ1) is 22.9. The largest absolute Gasteiger partial charge is 0.433 e. The van der Waals surface area contributed by atoms with Crippen molar-refractivity contribution >= 4 is 22.6 Å². The molecule has 10 heteroatoms. The second kappa shape index (κ2) is 9.75. The van der Waals surface area contributed by atoms with Crippen molar-refractivity contribution in [3.05, 3.63) is 66.7 Å². The minimum Gasteiger partial charge on any atom is -0.433 e. The molecule has 1 aromatic carbocycles. The SMILES string of the molecule is CN1CCC(n2cc(-c3cnc4cnc(NC(=O)c5ccccc5)cc4c3OC(F)F)cn2)CC1. The first-order valence-electron chi connectivity index (χ1n) is 11.3. The predicted molar refractivity (Wildman–Crippen MR) is 128 cm³/mol. The molecular weight excluding hydrogens is 454 g/mol. The lowest BCUT2D eigenvalue weighted by atomic mass is 10.1. The van der Waals surface area contributed by atoms with Crippen molar-refractivity contribution in [2.45, 2.75) is 25.5 Å². The molecule has 1 aliphatic heterocycles. The van der Waals surface area contributed by atoms with E-state index in [0.717, 1.165) is 25.9 Å². The summed E-state index contributed by atoms with van der Waals surface area (Å²) in [5.41, 5.74) is 1.83. The van der Waals surface area contributed by atoms with E-state index in [2.05, 4.69) is 32.3 Å². The molecule has 0 radical (unpaired) electrons. The van der Waals surface area contributed by atoms with Gasteiger partial charge in [-0.05, 0) is 51.2 Å². The number of alkyl halides is 2. The van der Waals surface area contributed by atoms with Crippen molar-refractivity contribution in [3.8, 4) is 16.9 Å². The zero-order valence-electron chi connectivity index (χ0n) is 19.1. The molecule has 1 saturated heterocycles. The summed E-state index contributed by atoms with van der Waals surface area (Å²) in [7, 11) is 2.09. The number of carbonyl (C=O) groups excluding carboxylic acids is 1. The highest BCUT2D eigenvalue weighted by Crippen LogP contribution is 2.38. The molecule has 1 amide bonds. The monoisotopic (exact) mass is 478 g/mol. The summed E-state index contributed by atoms with van der Waals surface area (Å²) in [5, 5.41) is 7.50. The molecule has 0 unspecified atom stereocenters. The number of anilines is 1. The zero-order chi connectivity index (χ0) is 24.4. The van der Waals surface area contributed by atoms with Crippen LogP contribution in [0.1, 0.15) is 29.2 Å². The molecule has 35 heavy (non-hydrogen) atoms. The van der Waals surface area contributed by atoms with Crippen LogP contribution < -0.4 is 10.1 Å². The molecule has 4 aromatic rings. The van der Waals surface area contributed by atoms with Gasteiger partial charge in [-0.3, -0.25) is 14.5 Å². The Labute approximate surface area is 200 Å². The Morgan fingerprint density at radius 1 is 1.11 bits per heavy atom. The molecule has 0 aliphatic carbocycles. The molecule has 0 spiro atoms. The fraction of sp³-hybridized carbons (Fsp3) is 0.280. The van der Waals surface area contributed by atoms with Crippen molar-refractivity contribution in [2.24, 2.45) is 0 Å². The van der Waals surface area contributed by atoms with Gasteiger partial charge in [-0.1, -0.05) is 18.2 Å². The van der Waals surface area contributed by atoms with Crippen LogP contribution >= 0.6 is 0 Å². The van der Waals surface area contributed by atoms with Gasteiger partial charge in [-0.25, -0.2) is 4.98 Å². The number of amides is 1. The van der Waals surface area contributed by atoms with Crippen LogP contribution in [-0.2, 0) is 0 Å². The van der Waals surface area contributed by atoms with Gasteiger partial charge in [0.25, 0.3) is 5.91 Å². The number of carbonyl (C=O) groups is 1. The van der Waals surface area contributed by atoms with E-state index >= 15 is 0 Å². The lowest BCUT2D eigenvalue weighted by Gasteiger charge is -2.28. The summed E-state index contributed by atoms with van der Waals surface area (Å²) < 4.78 is 33.8. The summed E-state index contributed by atoms with van der Waals surface area (Å²) in [4.78, 5) is 23.4. The van der Waals surface area contributed by atoms with Crippen LogP contribution in [0.25, 0.3) is 22.0 Å². The Kier molecular flexibility index (Phi) is 6.37. The number of aromatic nitrogens is 4. The fourth-order valence-corrected chi connectivity index (χ4v) is 4.28. The van der Waals surface area contributed by atoms with E-state index in [1.165, 1.54) is 18.5 Å². The first-order chi connectivity index (χ1) is 17.0. The van der Waals surface area contributed by atoms with Crippen LogP contribution in [0.3, 0.4) is 0 Å². The van der Waals surface area contributed by atoms with E-state index in [1.807, 2.05) is 10.9 Å². The van der Waals surface area contributed by atoms with Gasteiger partial charge in [0.1, 0.15) is 11.6 Å². The number of ether oxygens (including phenoxy) is 1. The fourth-order valence-electron chi connectivity index (χ4n) is 4.28. The Bertz CT molecular complexity index is 1340. The van der Waals surface area contributed by atoms with E-state index in [4.69, 9.17) is 4.74 Å². The number of hydrogen-bond donors (Lipinski definition) is 1. The maximum atomic E-state index is 13.5.